The van der Waals surface area contributed by atoms with Crippen LogP contribution in [0.2, 0.25) is 0 Å². The van der Waals surface area contributed by atoms with Gasteiger partial charge in [0, 0.05) is 4.47 Å². The quantitative estimate of drug-likeness (QED) is 0.292. The molecule has 2 aromatic rings. The van der Waals surface area contributed by atoms with E-state index < -0.39 is 44.3 Å². The van der Waals surface area contributed by atoms with Crippen LogP contribution < -0.4 is 5.46 Å². The number of hydrogen-bond acceptors (Lipinski definition) is 12. The van der Waals surface area contributed by atoms with Gasteiger partial charge in [-0.3, -0.25) is 0 Å². The van der Waals surface area contributed by atoms with Crippen LogP contribution in [0, 0.1) is 0 Å². The number of benzene rings is 2. The maximum Gasteiger partial charge on any atom is 0.494 e. The number of hydrogen-bond donors (Lipinski definition) is 2. The number of phenols is 2. The summed E-state index contributed by atoms with van der Waals surface area (Å²) in [7, 11) is 1.00. The number of carbonyl (C=O) groups is 2. The minimum atomic E-state index is -0.629. The highest BCUT2D eigenvalue weighted by Gasteiger charge is 2.63. The van der Waals surface area contributed by atoms with Gasteiger partial charge in [-0.25, -0.2) is 9.59 Å². The van der Waals surface area contributed by atoms with Gasteiger partial charge in [-0.2, -0.15) is 0 Å². The van der Waals surface area contributed by atoms with E-state index >= 15 is 0 Å². The number of carbonyl (C=O) groups excluding carboxylic acids is 2. The van der Waals surface area contributed by atoms with Crippen LogP contribution in [0.15, 0.2) is 40.9 Å². The normalized spacial score (nSPS) is 21.8. The zero-order chi connectivity index (χ0) is 38.3. The molecule has 0 bridgehead atoms. The molecule has 3 saturated heterocycles. The van der Waals surface area contributed by atoms with Gasteiger partial charge >= 0.3 is 33.1 Å². The molecule has 16 heteroatoms. The first kappa shape index (κ1) is 41.8. The molecule has 3 heterocycles. The molecule has 0 aliphatic carbocycles. The van der Waals surface area contributed by atoms with Crippen LogP contribution in [0.1, 0.15) is 104 Å². The number of rotatable bonds is 4. The fourth-order valence-corrected chi connectivity index (χ4v) is 5.28. The van der Waals surface area contributed by atoms with Crippen LogP contribution in [0.5, 0.6) is 11.5 Å². The largest absolute Gasteiger partial charge is 0.508 e. The Labute approximate surface area is 305 Å². The summed E-state index contributed by atoms with van der Waals surface area (Å²) in [5, 5.41) is 18.8. The van der Waals surface area contributed by atoms with E-state index in [1.54, 1.807) is 12.1 Å². The molecule has 0 aromatic heterocycles. The van der Waals surface area contributed by atoms with Gasteiger partial charge in [0.1, 0.15) is 11.5 Å². The number of methoxy groups -OCH3 is 2. The SMILES string of the molecule is CC1(C)OB(B2OC(C)(C)C(C)(C)O2)OC1(C)C.COC(=O)c1cc(O)cc(B2OC(C)(C)C(C)(C)O2)c1.COC(=O)c1cc(O)cc(Br)c1. The molecule has 3 aliphatic heterocycles. The third-order valence-electron chi connectivity index (χ3n) is 9.96. The molecule has 0 spiro atoms. The molecule has 0 saturated carbocycles. The van der Waals surface area contributed by atoms with Crippen molar-refractivity contribution >= 4 is 54.5 Å². The Morgan fingerprint density at radius 1 is 0.540 bits per heavy atom. The smallest absolute Gasteiger partial charge is 0.494 e. The average molecular weight is 763 g/mol. The molecule has 50 heavy (non-hydrogen) atoms. The maximum atomic E-state index is 11.6. The van der Waals surface area contributed by atoms with Crippen LogP contribution >= 0.6 is 15.9 Å². The standard InChI is InChI=1S/C14H19BO5.C12H24B2O4.C8H7BrO3/c1-13(2)14(3,4)20-15(19-13)10-6-9(12(17)18-5)7-11(16)8-10;1-9(2)10(3,4)16-13(15-9)14-17-11(5,6)12(7,8)18-14;1-12-8(11)5-2-6(9)4-7(10)3-5/h6-8,16H,1-5H3;1-8H3;2-4,10H,1H3. The van der Waals surface area contributed by atoms with Crippen LogP contribution in [-0.2, 0) is 37.4 Å². The Hall–Kier alpha value is -2.59. The Bertz CT molecular complexity index is 1460. The Balaban J connectivity index is 0.000000209. The van der Waals surface area contributed by atoms with Crippen molar-refractivity contribution in [2.75, 3.05) is 14.2 Å². The van der Waals surface area contributed by atoms with E-state index in [-0.39, 0.29) is 39.5 Å². The van der Waals surface area contributed by atoms with Crippen molar-refractivity contribution in [3.63, 3.8) is 0 Å². The molecule has 274 valence electrons. The molecule has 0 radical (unpaired) electrons. The van der Waals surface area contributed by atoms with Gasteiger partial charge in [-0.05, 0) is 125 Å². The van der Waals surface area contributed by atoms with Gasteiger partial charge in [-0.15, -0.1) is 0 Å². The Morgan fingerprint density at radius 2 is 0.860 bits per heavy atom. The second kappa shape index (κ2) is 14.8. The van der Waals surface area contributed by atoms with E-state index in [1.165, 1.54) is 38.5 Å². The lowest BCUT2D eigenvalue weighted by molar-refractivity contribution is 0.00578. The topological polar surface area (TPSA) is 148 Å². The molecule has 0 atom stereocenters. The molecule has 3 fully saturated rings. The van der Waals surface area contributed by atoms with Gasteiger partial charge in [-0.1, -0.05) is 15.9 Å². The van der Waals surface area contributed by atoms with Gasteiger partial charge in [0.25, 0.3) is 0 Å². The molecule has 3 aliphatic rings. The number of aromatic hydroxyl groups is 2. The van der Waals surface area contributed by atoms with Crippen molar-refractivity contribution in [3.8, 4) is 11.5 Å². The molecule has 2 aromatic carbocycles. The van der Waals surface area contributed by atoms with Crippen molar-refractivity contribution in [2.24, 2.45) is 0 Å². The van der Waals surface area contributed by atoms with Gasteiger partial charge in [0.2, 0.25) is 0 Å². The summed E-state index contributed by atoms with van der Waals surface area (Å²) in [6.07, 6.45) is 0. The summed E-state index contributed by atoms with van der Waals surface area (Å²) in [4.78, 5) is 22.5. The van der Waals surface area contributed by atoms with Crippen molar-refractivity contribution in [1.29, 1.82) is 0 Å². The first-order chi connectivity index (χ1) is 22.7. The van der Waals surface area contributed by atoms with E-state index in [9.17, 15) is 14.7 Å². The minimum absolute atomic E-state index is 0.0300. The molecule has 0 unspecified atom stereocenters. The van der Waals surface area contributed by atoms with Crippen LogP contribution in [-0.4, -0.2) is 91.1 Å². The fourth-order valence-electron chi connectivity index (χ4n) is 4.79. The molecular weight excluding hydrogens is 713 g/mol. The van der Waals surface area contributed by atoms with Crippen LogP contribution in [0.25, 0.3) is 0 Å². The summed E-state index contributed by atoms with van der Waals surface area (Å²) in [6, 6.07) is 8.89. The number of ether oxygens (including phenoxy) is 2. The first-order valence-corrected chi connectivity index (χ1v) is 17.0. The van der Waals surface area contributed by atoms with Gasteiger partial charge in [0.15, 0.2) is 0 Å². The fraction of sp³-hybridized carbons (Fsp3) is 0.588. The molecule has 2 N–H and O–H groups in total. The van der Waals surface area contributed by atoms with E-state index in [4.69, 9.17) is 33.0 Å². The van der Waals surface area contributed by atoms with E-state index in [2.05, 4.69) is 25.4 Å². The molecule has 0 amide bonds. The van der Waals surface area contributed by atoms with Crippen molar-refractivity contribution in [2.45, 2.75) is 117 Å². The first-order valence-electron chi connectivity index (χ1n) is 16.2. The number of phenolic OH excluding ortho intramolecular Hbond substituents is 2. The van der Waals surface area contributed by atoms with E-state index in [1.807, 2.05) is 83.1 Å². The van der Waals surface area contributed by atoms with Gasteiger partial charge < -0.3 is 47.6 Å². The van der Waals surface area contributed by atoms with E-state index in [0.29, 0.717) is 15.5 Å². The zero-order valence-electron chi connectivity index (χ0n) is 31.6. The monoisotopic (exact) mass is 762 g/mol. The lowest BCUT2D eigenvalue weighted by Gasteiger charge is -2.32. The van der Waals surface area contributed by atoms with Crippen molar-refractivity contribution in [1.82, 2.24) is 0 Å². The highest BCUT2D eigenvalue weighted by molar-refractivity contribution is 9.10. The molecule has 12 nitrogen and oxygen atoms in total. The predicted octanol–water partition coefficient (Wildman–Crippen LogP) is 5.67. The highest BCUT2D eigenvalue weighted by Crippen LogP contribution is 2.43. The lowest BCUT2D eigenvalue weighted by Crippen LogP contribution is -2.41. The molecule has 5 rings (SSSR count). The average Bonchev–Trinajstić information content (AvgIpc) is 3.45. The van der Waals surface area contributed by atoms with E-state index in [0.717, 1.165) is 0 Å². The minimum Gasteiger partial charge on any atom is -0.508 e. The van der Waals surface area contributed by atoms with Crippen molar-refractivity contribution in [3.05, 3.63) is 52.0 Å². The molecular formula is C34H50B3BrO12. The second-order valence-electron chi connectivity index (χ2n) is 15.3. The summed E-state index contributed by atoms with van der Waals surface area (Å²) >= 11 is 3.14. The highest BCUT2D eigenvalue weighted by atomic mass is 79.9. The second-order valence-corrected chi connectivity index (χ2v) is 16.2. The Kier molecular flexibility index (Phi) is 12.4. The zero-order valence-corrected chi connectivity index (χ0v) is 33.1. The number of halogens is 1. The van der Waals surface area contributed by atoms with Gasteiger partial charge in [0.05, 0.1) is 59.0 Å². The third-order valence-corrected chi connectivity index (χ3v) is 10.4. The summed E-state index contributed by atoms with van der Waals surface area (Å²) in [5.41, 5.74) is -1.22. The van der Waals surface area contributed by atoms with Crippen LogP contribution in [0.4, 0.5) is 0 Å². The lowest BCUT2D eigenvalue weighted by atomic mass is 9.49. The van der Waals surface area contributed by atoms with Crippen molar-refractivity contribution < 1.29 is 57.2 Å². The predicted molar refractivity (Wildman–Crippen MR) is 194 cm³/mol. The number of esters is 2. The summed E-state index contributed by atoms with van der Waals surface area (Å²) in [5.74, 6) is -0.979. The summed E-state index contributed by atoms with van der Waals surface area (Å²) < 4.78 is 45.4. The Morgan fingerprint density at radius 3 is 1.20 bits per heavy atom. The van der Waals surface area contributed by atoms with Crippen LogP contribution in [0.3, 0.4) is 0 Å². The third kappa shape index (κ3) is 9.25. The maximum absolute atomic E-state index is 11.6. The summed E-state index contributed by atoms with van der Waals surface area (Å²) in [6.45, 7) is 24.0.